The van der Waals surface area contributed by atoms with E-state index in [0.29, 0.717) is 5.92 Å². The van der Waals surface area contributed by atoms with Crippen LogP contribution in [-0.4, -0.2) is 11.6 Å². The van der Waals surface area contributed by atoms with Gasteiger partial charge in [-0.05, 0) is 43.5 Å². The average molecular weight is 244 g/mol. The van der Waals surface area contributed by atoms with Crippen LogP contribution in [0.25, 0.3) is 10.9 Å². The molecule has 0 bridgehead atoms. The molecule has 1 aromatic carbocycles. The van der Waals surface area contributed by atoms with Crippen molar-refractivity contribution >= 4 is 10.9 Å². The van der Waals surface area contributed by atoms with Crippen molar-refractivity contribution < 1.29 is 0 Å². The summed E-state index contributed by atoms with van der Waals surface area (Å²) >= 11 is 0. The molecule has 0 atom stereocenters. The molecular formula is C16H24N2. The van der Waals surface area contributed by atoms with E-state index in [-0.39, 0.29) is 0 Å². The molecular weight excluding hydrogens is 220 g/mol. The van der Waals surface area contributed by atoms with Crippen LogP contribution in [0.1, 0.15) is 42.1 Å². The van der Waals surface area contributed by atoms with Gasteiger partial charge in [0.1, 0.15) is 0 Å². The van der Waals surface area contributed by atoms with Crippen molar-refractivity contribution in [2.24, 2.45) is 7.05 Å². The molecule has 0 radical (unpaired) electrons. The number of fused-ring (bicyclic) bond motifs is 1. The van der Waals surface area contributed by atoms with Crippen molar-refractivity contribution in [2.75, 3.05) is 7.05 Å². The van der Waals surface area contributed by atoms with Crippen LogP contribution in [0.2, 0.25) is 0 Å². The lowest BCUT2D eigenvalue weighted by atomic mass is 9.95. The van der Waals surface area contributed by atoms with Gasteiger partial charge in [-0.25, -0.2) is 0 Å². The molecule has 0 amide bonds. The molecule has 1 N–H and O–H groups in total. The van der Waals surface area contributed by atoms with Crippen LogP contribution in [0.15, 0.2) is 12.1 Å². The molecule has 18 heavy (non-hydrogen) atoms. The van der Waals surface area contributed by atoms with Gasteiger partial charge in [-0.3, -0.25) is 0 Å². The second-order valence-corrected chi connectivity index (χ2v) is 5.53. The summed E-state index contributed by atoms with van der Waals surface area (Å²) in [5.74, 6) is 0.553. The lowest BCUT2D eigenvalue weighted by molar-refractivity contribution is 0.717. The molecule has 0 saturated heterocycles. The molecule has 1 heterocycles. The Hall–Kier alpha value is -1.28. The topological polar surface area (TPSA) is 17.0 Å². The van der Waals surface area contributed by atoms with E-state index in [2.05, 4.69) is 56.8 Å². The van der Waals surface area contributed by atoms with E-state index in [4.69, 9.17) is 0 Å². The van der Waals surface area contributed by atoms with Gasteiger partial charge in [0.2, 0.25) is 0 Å². The van der Waals surface area contributed by atoms with Gasteiger partial charge in [-0.15, -0.1) is 0 Å². The van der Waals surface area contributed by atoms with E-state index in [1.54, 1.807) is 0 Å². The lowest BCUT2D eigenvalue weighted by Gasteiger charge is -2.10. The maximum Gasteiger partial charge on any atom is 0.0515 e. The fraction of sp³-hybridized carbons (Fsp3) is 0.500. The zero-order valence-corrected chi connectivity index (χ0v) is 12.4. The van der Waals surface area contributed by atoms with Gasteiger partial charge < -0.3 is 9.88 Å². The standard InChI is InChI=1S/C16H24N2/c1-10(2)14-13(9-17-5)18(6)16-12(4)8-7-11(3)15(14)16/h7-8,10,17H,9H2,1-6H3. The molecule has 0 aliphatic rings. The summed E-state index contributed by atoms with van der Waals surface area (Å²) in [7, 11) is 4.20. The molecule has 2 heteroatoms. The third-order valence-corrected chi connectivity index (χ3v) is 3.83. The predicted molar refractivity (Wildman–Crippen MR) is 79.2 cm³/mol. The maximum absolute atomic E-state index is 3.30. The SMILES string of the molecule is CNCc1c(C(C)C)c2c(C)ccc(C)c2n1C. The summed E-state index contributed by atoms with van der Waals surface area (Å²) in [6.45, 7) is 9.93. The highest BCUT2D eigenvalue weighted by atomic mass is 15.0. The van der Waals surface area contributed by atoms with E-state index < -0.39 is 0 Å². The van der Waals surface area contributed by atoms with Crippen molar-refractivity contribution in [3.05, 3.63) is 34.5 Å². The van der Waals surface area contributed by atoms with Gasteiger partial charge in [0, 0.05) is 24.7 Å². The summed E-state index contributed by atoms with van der Waals surface area (Å²) in [6, 6.07) is 4.47. The Morgan fingerprint density at radius 2 is 1.78 bits per heavy atom. The zero-order valence-electron chi connectivity index (χ0n) is 12.4. The van der Waals surface area contributed by atoms with Gasteiger partial charge in [0.25, 0.3) is 0 Å². The highest BCUT2D eigenvalue weighted by Crippen LogP contribution is 2.35. The molecule has 2 nitrogen and oxygen atoms in total. The quantitative estimate of drug-likeness (QED) is 0.872. The van der Waals surface area contributed by atoms with Crippen LogP contribution in [0.3, 0.4) is 0 Å². The Morgan fingerprint density at radius 1 is 1.17 bits per heavy atom. The highest BCUT2D eigenvalue weighted by Gasteiger charge is 2.19. The Kier molecular flexibility index (Phi) is 3.49. The minimum absolute atomic E-state index is 0.553. The second-order valence-electron chi connectivity index (χ2n) is 5.53. The lowest BCUT2D eigenvalue weighted by Crippen LogP contribution is -2.11. The van der Waals surface area contributed by atoms with Crippen LogP contribution in [0.4, 0.5) is 0 Å². The number of nitrogens with zero attached hydrogens (tertiary/aromatic N) is 1. The first-order valence-corrected chi connectivity index (χ1v) is 6.71. The number of hydrogen-bond donors (Lipinski definition) is 1. The van der Waals surface area contributed by atoms with E-state index >= 15 is 0 Å². The normalized spacial score (nSPS) is 11.7. The smallest absolute Gasteiger partial charge is 0.0515 e. The fourth-order valence-corrected chi connectivity index (χ4v) is 3.03. The monoisotopic (exact) mass is 244 g/mol. The number of hydrogen-bond acceptors (Lipinski definition) is 1. The largest absolute Gasteiger partial charge is 0.346 e. The van der Waals surface area contributed by atoms with Crippen LogP contribution >= 0.6 is 0 Å². The van der Waals surface area contributed by atoms with Crippen molar-refractivity contribution in [1.82, 2.24) is 9.88 Å². The van der Waals surface area contributed by atoms with E-state index in [1.165, 1.54) is 33.3 Å². The average Bonchev–Trinajstić information content (AvgIpc) is 2.60. The second kappa shape index (κ2) is 4.77. The molecule has 0 unspecified atom stereocenters. The minimum Gasteiger partial charge on any atom is -0.346 e. The van der Waals surface area contributed by atoms with Crippen molar-refractivity contribution in [3.63, 3.8) is 0 Å². The van der Waals surface area contributed by atoms with Crippen LogP contribution in [-0.2, 0) is 13.6 Å². The van der Waals surface area contributed by atoms with Crippen molar-refractivity contribution in [2.45, 2.75) is 40.2 Å². The highest BCUT2D eigenvalue weighted by molar-refractivity contribution is 5.91. The Morgan fingerprint density at radius 3 is 2.33 bits per heavy atom. The summed E-state index contributed by atoms with van der Waals surface area (Å²) in [5, 5.41) is 4.76. The van der Waals surface area contributed by atoms with Crippen LogP contribution < -0.4 is 5.32 Å². The van der Waals surface area contributed by atoms with Gasteiger partial charge in [-0.2, -0.15) is 0 Å². The first kappa shape index (κ1) is 13.2. The molecule has 98 valence electrons. The van der Waals surface area contributed by atoms with E-state index in [0.717, 1.165) is 6.54 Å². The molecule has 2 rings (SSSR count). The number of benzene rings is 1. The molecule has 0 fully saturated rings. The summed E-state index contributed by atoms with van der Waals surface area (Å²) in [5.41, 5.74) is 7.06. The van der Waals surface area contributed by atoms with Gasteiger partial charge in [-0.1, -0.05) is 26.0 Å². The minimum atomic E-state index is 0.553. The van der Waals surface area contributed by atoms with E-state index in [1.807, 2.05) is 7.05 Å². The third kappa shape index (κ3) is 1.85. The first-order valence-electron chi connectivity index (χ1n) is 6.71. The summed E-state index contributed by atoms with van der Waals surface area (Å²) in [6.07, 6.45) is 0. The van der Waals surface area contributed by atoms with Crippen molar-refractivity contribution in [3.8, 4) is 0 Å². The summed E-state index contributed by atoms with van der Waals surface area (Å²) < 4.78 is 2.36. The first-order chi connectivity index (χ1) is 8.49. The van der Waals surface area contributed by atoms with Gasteiger partial charge >= 0.3 is 0 Å². The Bertz CT molecular complexity index is 577. The zero-order chi connectivity index (χ0) is 13.4. The van der Waals surface area contributed by atoms with Crippen LogP contribution in [0.5, 0.6) is 0 Å². The molecule has 2 aromatic rings. The van der Waals surface area contributed by atoms with E-state index in [9.17, 15) is 0 Å². The van der Waals surface area contributed by atoms with Crippen LogP contribution in [0, 0.1) is 13.8 Å². The molecule has 0 aliphatic carbocycles. The van der Waals surface area contributed by atoms with Gasteiger partial charge in [0.15, 0.2) is 0 Å². The maximum atomic E-state index is 3.30. The predicted octanol–water partition coefficient (Wildman–Crippen LogP) is 3.64. The molecule has 0 saturated carbocycles. The summed E-state index contributed by atoms with van der Waals surface area (Å²) in [4.78, 5) is 0. The molecule has 0 spiro atoms. The molecule has 0 aliphatic heterocycles. The van der Waals surface area contributed by atoms with Gasteiger partial charge in [0.05, 0.1) is 5.52 Å². The fourth-order valence-electron chi connectivity index (χ4n) is 3.03. The number of aryl methyl sites for hydroxylation is 3. The molecule has 1 aromatic heterocycles. The van der Waals surface area contributed by atoms with Crippen molar-refractivity contribution in [1.29, 1.82) is 0 Å². The number of rotatable bonds is 3. The number of nitrogens with one attached hydrogen (secondary N) is 1. The Labute approximate surface area is 110 Å². The Balaban J connectivity index is 2.92. The third-order valence-electron chi connectivity index (χ3n) is 3.83. The number of aromatic nitrogens is 1.